The van der Waals surface area contributed by atoms with Crippen LogP contribution in [0.2, 0.25) is 0 Å². The molecule has 120 valence electrons. The fourth-order valence-electron chi connectivity index (χ4n) is 2.16. The summed E-state index contributed by atoms with van der Waals surface area (Å²) < 4.78 is 0. The Balaban J connectivity index is 1.87. The Hall–Kier alpha value is -3.55. The molecule has 8 heteroatoms. The lowest BCUT2D eigenvalue weighted by Gasteiger charge is -2.16. The summed E-state index contributed by atoms with van der Waals surface area (Å²) in [4.78, 5) is 27.2. The van der Waals surface area contributed by atoms with Gasteiger partial charge in [-0.05, 0) is 23.8 Å². The van der Waals surface area contributed by atoms with Gasteiger partial charge in [0.05, 0.1) is 5.69 Å². The number of carbonyl (C=O) groups excluding carboxylic acids is 1. The third-order valence-corrected chi connectivity index (χ3v) is 3.31. The summed E-state index contributed by atoms with van der Waals surface area (Å²) in [7, 11) is 0. The smallest absolute Gasteiger partial charge is 0.339 e. The van der Waals surface area contributed by atoms with Crippen LogP contribution >= 0.6 is 0 Å². The van der Waals surface area contributed by atoms with Crippen LogP contribution in [0.4, 0.5) is 5.69 Å². The van der Waals surface area contributed by atoms with Gasteiger partial charge in [-0.15, -0.1) is 5.11 Å². The molecule has 24 heavy (non-hydrogen) atoms. The monoisotopic (exact) mass is 324 g/mol. The number of carboxylic acid groups (broad SMARTS) is 1. The minimum absolute atomic E-state index is 0.0470. The van der Waals surface area contributed by atoms with E-state index in [4.69, 9.17) is 5.11 Å². The lowest BCUT2D eigenvalue weighted by Crippen LogP contribution is -2.36. The van der Waals surface area contributed by atoms with Crippen LogP contribution in [0.5, 0.6) is 5.75 Å². The summed E-state index contributed by atoms with van der Waals surface area (Å²) in [5.41, 5.74) is 0.631. The third kappa shape index (κ3) is 3.12. The van der Waals surface area contributed by atoms with E-state index in [2.05, 4.69) is 20.5 Å². The van der Waals surface area contributed by atoms with E-state index in [0.29, 0.717) is 5.56 Å². The predicted molar refractivity (Wildman–Crippen MR) is 84.3 cm³/mol. The number of hydrogen-bond donors (Lipinski definition) is 3. The van der Waals surface area contributed by atoms with Gasteiger partial charge >= 0.3 is 5.97 Å². The van der Waals surface area contributed by atoms with Gasteiger partial charge < -0.3 is 10.2 Å². The Kier molecular flexibility index (Phi) is 4.02. The summed E-state index contributed by atoms with van der Waals surface area (Å²) in [6, 6.07) is 12.0. The molecule has 1 aliphatic heterocycles. The topological polar surface area (TPSA) is 124 Å². The second kappa shape index (κ2) is 6.29. The van der Waals surface area contributed by atoms with Gasteiger partial charge in [0.2, 0.25) is 5.96 Å². The van der Waals surface area contributed by atoms with Crippen LogP contribution in [-0.2, 0) is 4.79 Å². The molecule has 3 N–H and O–H groups in total. The fourth-order valence-corrected chi connectivity index (χ4v) is 2.16. The van der Waals surface area contributed by atoms with E-state index in [1.165, 1.54) is 18.2 Å². The van der Waals surface area contributed by atoms with Crippen LogP contribution in [0.15, 0.2) is 63.8 Å². The van der Waals surface area contributed by atoms with Crippen LogP contribution in [0, 0.1) is 0 Å². The SMILES string of the molecule is O=C(O)c1cc(N=C2N=NC(c3ccccc3)C(=O)N2)ccc1O. The van der Waals surface area contributed by atoms with Gasteiger partial charge in [-0.1, -0.05) is 30.3 Å². The number of hydrogen-bond acceptors (Lipinski definition) is 5. The standard InChI is InChI=1S/C16H12N4O4/c21-12-7-6-10(8-11(12)15(23)24)17-16-18-14(22)13(19-20-16)9-4-2-1-3-5-9/h1-8,13,21H,(H,23,24)(H,17,18,22). The highest BCUT2D eigenvalue weighted by Gasteiger charge is 2.25. The first-order valence-corrected chi connectivity index (χ1v) is 6.96. The van der Waals surface area contributed by atoms with E-state index >= 15 is 0 Å². The van der Waals surface area contributed by atoms with Gasteiger partial charge in [0, 0.05) is 0 Å². The average Bonchev–Trinajstić information content (AvgIpc) is 2.57. The highest BCUT2D eigenvalue weighted by Crippen LogP contribution is 2.25. The Morgan fingerprint density at radius 2 is 1.92 bits per heavy atom. The first-order chi connectivity index (χ1) is 11.5. The number of azo groups is 1. The molecule has 1 amide bonds. The third-order valence-electron chi connectivity index (χ3n) is 3.31. The van der Waals surface area contributed by atoms with Crippen molar-refractivity contribution in [2.45, 2.75) is 6.04 Å². The summed E-state index contributed by atoms with van der Waals surface area (Å²) >= 11 is 0. The van der Waals surface area contributed by atoms with Crippen LogP contribution in [-0.4, -0.2) is 28.0 Å². The molecule has 0 fully saturated rings. The molecule has 0 aromatic heterocycles. The number of aliphatic imine (C=N–C) groups is 1. The first-order valence-electron chi connectivity index (χ1n) is 6.96. The van der Waals surface area contributed by atoms with Gasteiger partial charge in [-0.3, -0.25) is 10.1 Å². The molecule has 0 aliphatic carbocycles. The van der Waals surface area contributed by atoms with E-state index in [1.54, 1.807) is 24.3 Å². The number of carbonyl (C=O) groups is 2. The number of nitrogens with zero attached hydrogens (tertiary/aromatic N) is 3. The largest absolute Gasteiger partial charge is 0.507 e. The molecule has 0 bridgehead atoms. The van der Waals surface area contributed by atoms with E-state index in [1.807, 2.05) is 6.07 Å². The first kappa shape index (κ1) is 15.3. The molecule has 1 aliphatic rings. The van der Waals surface area contributed by atoms with Crippen molar-refractivity contribution in [1.29, 1.82) is 0 Å². The Morgan fingerprint density at radius 3 is 2.58 bits per heavy atom. The summed E-state index contributed by atoms with van der Waals surface area (Å²) in [5, 5.41) is 28.8. The molecule has 1 heterocycles. The van der Waals surface area contributed by atoms with Crippen molar-refractivity contribution in [1.82, 2.24) is 5.32 Å². The molecular formula is C16H12N4O4. The van der Waals surface area contributed by atoms with Crippen molar-refractivity contribution in [2.24, 2.45) is 15.2 Å². The minimum atomic E-state index is -1.28. The Labute approximate surface area is 136 Å². The quantitative estimate of drug-likeness (QED) is 0.801. The molecule has 0 saturated heterocycles. The molecule has 0 spiro atoms. The number of aromatic carboxylic acids is 1. The van der Waals surface area contributed by atoms with Crippen LogP contribution in [0.25, 0.3) is 0 Å². The zero-order chi connectivity index (χ0) is 17.1. The minimum Gasteiger partial charge on any atom is -0.507 e. The maximum Gasteiger partial charge on any atom is 0.339 e. The van der Waals surface area contributed by atoms with Crippen LogP contribution in [0.3, 0.4) is 0 Å². The summed E-state index contributed by atoms with van der Waals surface area (Å²) in [6.45, 7) is 0. The van der Waals surface area contributed by atoms with Gasteiger partial charge in [0.25, 0.3) is 5.91 Å². The molecule has 2 aromatic rings. The number of phenols is 1. The Morgan fingerprint density at radius 1 is 1.17 bits per heavy atom. The maximum absolute atomic E-state index is 12.1. The number of benzene rings is 2. The van der Waals surface area contributed by atoms with Crippen molar-refractivity contribution in [2.75, 3.05) is 0 Å². The maximum atomic E-state index is 12.1. The summed E-state index contributed by atoms with van der Waals surface area (Å²) in [5.74, 6) is -2.08. The van der Waals surface area contributed by atoms with Gasteiger partial charge in [-0.25, -0.2) is 9.79 Å². The van der Waals surface area contributed by atoms with Crippen molar-refractivity contribution >= 4 is 23.5 Å². The van der Waals surface area contributed by atoms with E-state index in [-0.39, 0.29) is 28.9 Å². The number of nitrogens with one attached hydrogen (secondary N) is 1. The molecule has 0 saturated carbocycles. The normalized spacial score (nSPS) is 18.4. The molecular weight excluding hydrogens is 312 g/mol. The molecule has 2 aromatic carbocycles. The number of amides is 1. The Bertz CT molecular complexity index is 862. The van der Waals surface area contributed by atoms with Crippen molar-refractivity contribution in [3.05, 3.63) is 59.7 Å². The van der Waals surface area contributed by atoms with E-state index in [9.17, 15) is 14.7 Å². The molecule has 1 unspecified atom stereocenters. The van der Waals surface area contributed by atoms with Crippen molar-refractivity contribution in [3.63, 3.8) is 0 Å². The molecule has 0 radical (unpaired) electrons. The highest BCUT2D eigenvalue weighted by atomic mass is 16.4. The zero-order valence-corrected chi connectivity index (χ0v) is 12.2. The fraction of sp³-hybridized carbons (Fsp3) is 0.0625. The van der Waals surface area contributed by atoms with Crippen LogP contribution < -0.4 is 5.32 Å². The van der Waals surface area contributed by atoms with Gasteiger partial charge in [-0.2, -0.15) is 5.11 Å². The number of aromatic hydroxyl groups is 1. The average molecular weight is 324 g/mol. The molecule has 3 rings (SSSR count). The van der Waals surface area contributed by atoms with Crippen molar-refractivity contribution < 1.29 is 19.8 Å². The van der Waals surface area contributed by atoms with E-state index in [0.717, 1.165) is 0 Å². The lowest BCUT2D eigenvalue weighted by atomic mass is 10.1. The van der Waals surface area contributed by atoms with Gasteiger partial charge in [0.15, 0.2) is 6.04 Å². The second-order valence-electron chi connectivity index (χ2n) is 4.96. The van der Waals surface area contributed by atoms with E-state index < -0.39 is 12.0 Å². The second-order valence-corrected chi connectivity index (χ2v) is 4.96. The number of guanidine groups is 1. The van der Waals surface area contributed by atoms with Crippen molar-refractivity contribution in [3.8, 4) is 5.75 Å². The molecule has 8 nitrogen and oxygen atoms in total. The molecule has 1 atom stereocenters. The number of rotatable bonds is 3. The highest BCUT2D eigenvalue weighted by molar-refractivity contribution is 6.02. The lowest BCUT2D eigenvalue weighted by molar-refractivity contribution is -0.121. The van der Waals surface area contributed by atoms with Gasteiger partial charge in [0.1, 0.15) is 11.3 Å². The predicted octanol–water partition coefficient (Wildman–Crippen LogP) is 2.40. The summed E-state index contributed by atoms with van der Waals surface area (Å²) in [6.07, 6.45) is 0. The number of carboxylic acids is 1. The zero-order valence-electron chi connectivity index (χ0n) is 12.2. The van der Waals surface area contributed by atoms with Crippen LogP contribution in [0.1, 0.15) is 22.0 Å².